The van der Waals surface area contributed by atoms with Crippen LogP contribution in [0.2, 0.25) is 0 Å². The molecule has 0 radical (unpaired) electrons. The van der Waals surface area contributed by atoms with E-state index in [0.29, 0.717) is 5.75 Å². The summed E-state index contributed by atoms with van der Waals surface area (Å²) in [6, 6.07) is 17.5. The molecular weight excluding hydrogens is 298 g/mol. The van der Waals surface area contributed by atoms with Crippen LogP contribution in [-0.2, 0) is 17.6 Å². The van der Waals surface area contributed by atoms with Crippen LogP contribution in [0.3, 0.4) is 0 Å². The number of carbonyl (C=O) groups is 1. The number of fused-ring (bicyclic) bond motifs is 1. The molecule has 3 nitrogen and oxygen atoms in total. The van der Waals surface area contributed by atoms with Crippen molar-refractivity contribution in [1.82, 2.24) is 4.98 Å². The molecule has 0 spiro atoms. The highest BCUT2D eigenvalue weighted by atomic mass is 16.5. The Morgan fingerprint density at radius 3 is 2.58 bits per heavy atom. The lowest BCUT2D eigenvalue weighted by atomic mass is 10.1. The van der Waals surface area contributed by atoms with Crippen LogP contribution in [0.15, 0.2) is 60.8 Å². The number of nitrogens with zero attached hydrogens (tertiary/aromatic N) is 1. The molecule has 0 aliphatic heterocycles. The molecule has 0 atom stereocenters. The van der Waals surface area contributed by atoms with Gasteiger partial charge in [-0.05, 0) is 18.4 Å². The van der Waals surface area contributed by atoms with Crippen LogP contribution in [0.25, 0.3) is 10.8 Å². The second-order valence-electron chi connectivity index (χ2n) is 5.86. The highest BCUT2D eigenvalue weighted by molar-refractivity contribution is 5.90. The molecule has 3 heteroatoms. The van der Waals surface area contributed by atoms with Crippen molar-refractivity contribution in [3.8, 4) is 5.75 Å². The maximum absolute atomic E-state index is 12.4. The molecule has 24 heavy (non-hydrogen) atoms. The van der Waals surface area contributed by atoms with Crippen molar-refractivity contribution in [1.29, 1.82) is 0 Å². The zero-order valence-corrected chi connectivity index (χ0v) is 13.9. The van der Waals surface area contributed by atoms with E-state index in [0.717, 1.165) is 41.3 Å². The summed E-state index contributed by atoms with van der Waals surface area (Å²) in [7, 11) is 0. The maximum Gasteiger partial charge on any atom is 0.315 e. The summed E-state index contributed by atoms with van der Waals surface area (Å²) in [5.41, 5.74) is 1.81. The standard InChI is InChI=1S/C21H21NO2/c1-2-3-13-19-21(18-12-8-7-11-17(18)15-22-19)24-20(23)14-16-9-5-4-6-10-16/h4-12,15H,2-3,13-14H2,1H3. The van der Waals surface area contributed by atoms with Crippen molar-refractivity contribution in [3.05, 3.63) is 72.1 Å². The van der Waals surface area contributed by atoms with E-state index in [1.807, 2.05) is 60.8 Å². The van der Waals surface area contributed by atoms with Gasteiger partial charge in [0.25, 0.3) is 0 Å². The smallest absolute Gasteiger partial charge is 0.315 e. The van der Waals surface area contributed by atoms with Gasteiger partial charge < -0.3 is 4.74 Å². The number of carbonyl (C=O) groups excluding carboxylic acids is 1. The average Bonchev–Trinajstić information content (AvgIpc) is 2.62. The normalized spacial score (nSPS) is 10.7. The van der Waals surface area contributed by atoms with Crippen LogP contribution < -0.4 is 4.74 Å². The van der Waals surface area contributed by atoms with Gasteiger partial charge in [0.2, 0.25) is 0 Å². The van der Waals surface area contributed by atoms with Crippen molar-refractivity contribution in [2.75, 3.05) is 0 Å². The minimum absolute atomic E-state index is 0.253. The highest BCUT2D eigenvalue weighted by Gasteiger charge is 2.14. The average molecular weight is 319 g/mol. The van der Waals surface area contributed by atoms with Crippen molar-refractivity contribution in [3.63, 3.8) is 0 Å². The van der Waals surface area contributed by atoms with Crippen molar-refractivity contribution >= 4 is 16.7 Å². The summed E-state index contributed by atoms with van der Waals surface area (Å²) in [5, 5.41) is 1.93. The second-order valence-corrected chi connectivity index (χ2v) is 5.86. The van der Waals surface area contributed by atoms with Crippen LogP contribution >= 0.6 is 0 Å². The zero-order valence-electron chi connectivity index (χ0n) is 13.9. The molecule has 0 fully saturated rings. The Bertz CT molecular complexity index is 828. The zero-order chi connectivity index (χ0) is 16.8. The lowest BCUT2D eigenvalue weighted by molar-refractivity contribution is -0.133. The molecular formula is C21H21NO2. The van der Waals surface area contributed by atoms with E-state index in [2.05, 4.69) is 11.9 Å². The summed E-state index contributed by atoms with van der Waals surface area (Å²) >= 11 is 0. The largest absolute Gasteiger partial charge is 0.424 e. The molecule has 1 heterocycles. The van der Waals surface area contributed by atoms with E-state index in [1.165, 1.54) is 0 Å². The molecule has 122 valence electrons. The van der Waals surface area contributed by atoms with E-state index in [1.54, 1.807) is 0 Å². The number of esters is 1. The Hall–Kier alpha value is -2.68. The van der Waals surface area contributed by atoms with Gasteiger partial charge in [0.15, 0.2) is 5.75 Å². The Kier molecular flexibility index (Phi) is 5.22. The van der Waals surface area contributed by atoms with Crippen LogP contribution in [0.1, 0.15) is 31.0 Å². The summed E-state index contributed by atoms with van der Waals surface area (Å²) in [5.74, 6) is 0.361. The topological polar surface area (TPSA) is 39.2 Å². The molecule has 1 aromatic heterocycles. The maximum atomic E-state index is 12.4. The first kappa shape index (κ1) is 16.2. The molecule has 0 saturated carbocycles. The molecule has 3 aromatic rings. The summed E-state index contributed by atoms with van der Waals surface area (Å²) in [6.45, 7) is 2.14. The number of pyridine rings is 1. The van der Waals surface area contributed by atoms with Gasteiger partial charge in [-0.3, -0.25) is 9.78 Å². The monoisotopic (exact) mass is 319 g/mol. The van der Waals surface area contributed by atoms with Gasteiger partial charge in [0.1, 0.15) is 0 Å². The third kappa shape index (κ3) is 3.80. The molecule has 0 N–H and O–H groups in total. The molecule has 0 saturated heterocycles. The molecule has 0 aliphatic carbocycles. The minimum atomic E-state index is -0.253. The fourth-order valence-corrected chi connectivity index (χ4v) is 2.73. The molecule has 0 amide bonds. The number of unbranched alkanes of at least 4 members (excludes halogenated alkanes) is 1. The number of rotatable bonds is 6. The lowest BCUT2D eigenvalue weighted by Crippen LogP contribution is -2.13. The predicted octanol–water partition coefficient (Wildman–Crippen LogP) is 4.73. The molecule has 0 aliphatic rings. The first-order chi connectivity index (χ1) is 11.8. The minimum Gasteiger partial charge on any atom is -0.424 e. The van der Waals surface area contributed by atoms with Gasteiger partial charge in [-0.1, -0.05) is 67.9 Å². The van der Waals surface area contributed by atoms with E-state index >= 15 is 0 Å². The van der Waals surface area contributed by atoms with Crippen LogP contribution in [-0.4, -0.2) is 11.0 Å². The number of hydrogen-bond acceptors (Lipinski definition) is 3. The SMILES string of the molecule is CCCCc1ncc2ccccc2c1OC(=O)Cc1ccccc1. The Morgan fingerprint density at radius 2 is 1.79 bits per heavy atom. The van der Waals surface area contributed by atoms with Crippen molar-refractivity contribution in [2.45, 2.75) is 32.6 Å². The first-order valence-electron chi connectivity index (χ1n) is 8.39. The van der Waals surface area contributed by atoms with Crippen molar-refractivity contribution < 1.29 is 9.53 Å². The molecule has 0 bridgehead atoms. The molecule has 3 rings (SSSR count). The predicted molar refractivity (Wildman–Crippen MR) is 96.1 cm³/mol. The van der Waals surface area contributed by atoms with E-state index in [4.69, 9.17) is 4.74 Å². The summed E-state index contributed by atoms with van der Waals surface area (Å²) < 4.78 is 5.76. The third-order valence-electron chi connectivity index (χ3n) is 4.00. The molecule has 2 aromatic carbocycles. The number of hydrogen-bond donors (Lipinski definition) is 0. The van der Waals surface area contributed by atoms with Gasteiger partial charge in [-0.2, -0.15) is 0 Å². The number of aromatic nitrogens is 1. The summed E-state index contributed by atoms with van der Waals surface area (Å²) in [6.07, 6.45) is 5.03. The fourth-order valence-electron chi connectivity index (χ4n) is 2.73. The second kappa shape index (κ2) is 7.73. The van der Waals surface area contributed by atoms with E-state index in [-0.39, 0.29) is 12.4 Å². The van der Waals surface area contributed by atoms with Gasteiger partial charge in [-0.15, -0.1) is 0 Å². The first-order valence-corrected chi connectivity index (χ1v) is 8.39. The van der Waals surface area contributed by atoms with Gasteiger partial charge in [-0.25, -0.2) is 0 Å². The van der Waals surface area contributed by atoms with Gasteiger partial charge in [0, 0.05) is 17.0 Å². The number of aryl methyl sites for hydroxylation is 1. The Morgan fingerprint density at radius 1 is 1.04 bits per heavy atom. The third-order valence-corrected chi connectivity index (χ3v) is 4.00. The number of benzene rings is 2. The van der Waals surface area contributed by atoms with E-state index < -0.39 is 0 Å². The fraction of sp³-hybridized carbons (Fsp3) is 0.238. The Labute approximate surface area is 142 Å². The number of ether oxygens (including phenoxy) is 1. The summed E-state index contributed by atoms with van der Waals surface area (Å²) in [4.78, 5) is 16.9. The lowest BCUT2D eigenvalue weighted by Gasteiger charge is -2.12. The quantitative estimate of drug-likeness (QED) is 0.617. The van der Waals surface area contributed by atoms with Crippen LogP contribution in [0.4, 0.5) is 0 Å². The van der Waals surface area contributed by atoms with Gasteiger partial charge in [0.05, 0.1) is 12.1 Å². The molecule has 0 unspecified atom stereocenters. The van der Waals surface area contributed by atoms with Gasteiger partial charge >= 0.3 is 5.97 Å². The van der Waals surface area contributed by atoms with Crippen molar-refractivity contribution in [2.24, 2.45) is 0 Å². The Balaban J connectivity index is 1.89. The highest BCUT2D eigenvalue weighted by Crippen LogP contribution is 2.29. The van der Waals surface area contributed by atoms with E-state index in [9.17, 15) is 4.79 Å². The van der Waals surface area contributed by atoms with Crippen LogP contribution in [0, 0.1) is 0 Å². The van der Waals surface area contributed by atoms with Crippen LogP contribution in [0.5, 0.6) is 5.75 Å².